The quantitative estimate of drug-likeness (QED) is 0.870. The van der Waals surface area contributed by atoms with Gasteiger partial charge in [-0.05, 0) is 33.5 Å². The number of aliphatic hydroxyl groups excluding tert-OH is 1. The first-order valence-electron chi connectivity index (χ1n) is 3.88. The normalized spacial score (nSPS) is 12.0. The van der Waals surface area contributed by atoms with E-state index in [-0.39, 0.29) is 12.0 Å². The molecule has 0 bridgehead atoms. The highest BCUT2D eigenvalue weighted by Crippen LogP contribution is 2.23. The molecule has 1 aromatic rings. The van der Waals surface area contributed by atoms with Gasteiger partial charge in [-0.2, -0.15) is 0 Å². The van der Waals surface area contributed by atoms with E-state index in [0.717, 1.165) is 16.9 Å². The Balaban J connectivity index is 2.63. The largest absolute Gasteiger partial charge is 0.454 e. The number of rotatable bonds is 3. The van der Waals surface area contributed by atoms with E-state index in [9.17, 15) is 0 Å². The molecule has 1 aromatic heterocycles. The van der Waals surface area contributed by atoms with Crippen molar-refractivity contribution < 1.29 is 9.52 Å². The van der Waals surface area contributed by atoms with Crippen LogP contribution in [0.1, 0.15) is 19.6 Å². The maximum absolute atomic E-state index is 9.01. The molecule has 68 valence electrons. The summed E-state index contributed by atoms with van der Waals surface area (Å²) < 4.78 is 6.07. The van der Waals surface area contributed by atoms with Crippen LogP contribution < -0.4 is 0 Å². The maximum atomic E-state index is 9.01. The lowest BCUT2D eigenvalue weighted by Gasteiger charge is -2.19. The molecule has 1 heterocycles. The Morgan fingerprint density at radius 1 is 1.50 bits per heavy atom. The highest BCUT2D eigenvalue weighted by molar-refractivity contribution is 9.10. The van der Waals surface area contributed by atoms with Gasteiger partial charge < -0.3 is 9.52 Å². The fraction of sp³-hybridized carbons (Fsp3) is 0.556. The van der Waals surface area contributed by atoms with Crippen molar-refractivity contribution in [3.63, 3.8) is 0 Å². The van der Waals surface area contributed by atoms with Crippen LogP contribution in [-0.2, 0) is 6.42 Å². The molecule has 0 spiro atoms. The average Bonchev–Trinajstić information content (AvgIpc) is 2.35. The van der Waals surface area contributed by atoms with Gasteiger partial charge in [0.25, 0.3) is 0 Å². The van der Waals surface area contributed by atoms with Crippen LogP contribution in [0.4, 0.5) is 0 Å². The lowest BCUT2D eigenvalue weighted by Crippen LogP contribution is -2.19. The third-order valence-electron chi connectivity index (χ3n) is 1.71. The Morgan fingerprint density at radius 3 is 2.58 bits per heavy atom. The van der Waals surface area contributed by atoms with Gasteiger partial charge in [-0.25, -0.2) is 0 Å². The number of aliphatic hydroxyl groups is 1. The van der Waals surface area contributed by atoms with E-state index >= 15 is 0 Å². The Kier molecular flexibility index (Phi) is 2.96. The molecule has 0 saturated carbocycles. The lowest BCUT2D eigenvalue weighted by atomic mass is 9.89. The van der Waals surface area contributed by atoms with Crippen LogP contribution in [0.3, 0.4) is 0 Å². The van der Waals surface area contributed by atoms with Crippen molar-refractivity contribution >= 4 is 15.9 Å². The van der Waals surface area contributed by atoms with Gasteiger partial charge in [0.2, 0.25) is 0 Å². The summed E-state index contributed by atoms with van der Waals surface area (Å²) in [6.07, 6.45) is 0.759. The van der Waals surface area contributed by atoms with Crippen LogP contribution >= 0.6 is 15.9 Å². The van der Waals surface area contributed by atoms with Gasteiger partial charge in [0.15, 0.2) is 4.67 Å². The lowest BCUT2D eigenvalue weighted by molar-refractivity contribution is 0.153. The summed E-state index contributed by atoms with van der Waals surface area (Å²) in [4.78, 5) is 0. The zero-order valence-corrected chi connectivity index (χ0v) is 8.89. The fourth-order valence-electron chi connectivity index (χ4n) is 0.974. The summed E-state index contributed by atoms with van der Waals surface area (Å²) in [6.45, 7) is 4.18. The van der Waals surface area contributed by atoms with Crippen LogP contribution in [-0.4, -0.2) is 11.7 Å². The Bertz CT molecular complexity index is 253. The van der Waals surface area contributed by atoms with Gasteiger partial charge in [0.1, 0.15) is 5.76 Å². The number of hydrogen-bond donors (Lipinski definition) is 1. The van der Waals surface area contributed by atoms with Crippen molar-refractivity contribution in [2.24, 2.45) is 5.41 Å². The van der Waals surface area contributed by atoms with Crippen molar-refractivity contribution in [3.05, 3.63) is 22.6 Å². The van der Waals surface area contributed by atoms with Crippen LogP contribution in [0, 0.1) is 5.41 Å². The van der Waals surface area contributed by atoms with E-state index in [1.54, 1.807) is 0 Å². The fourth-order valence-corrected chi connectivity index (χ4v) is 1.31. The topological polar surface area (TPSA) is 33.4 Å². The summed E-state index contributed by atoms with van der Waals surface area (Å²) in [5.74, 6) is 0.904. The zero-order valence-electron chi connectivity index (χ0n) is 7.30. The van der Waals surface area contributed by atoms with Crippen LogP contribution in [0.2, 0.25) is 0 Å². The zero-order chi connectivity index (χ0) is 9.19. The minimum atomic E-state index is -0.0999. The standard InChI is InChI=1S/C9H13BrO2/c1-9(2,6-11)5-7-3-4-8(10)12-7/h3-4,11H,5-6H2,1-2H3. The second-order valence-electron chi connectivity index (χ2n) is 3.70. The van der Waals surface area contributed by atoms with Crippen molar-refractivity contribution in [1.82, 2.24) is 0 Å². The first-order valence-corrected chi connectivity index (χ1v) is 4.68. The first kappa shape index (κ1) is 9.81. The maximum Gasteiger partial charge on any atom is 0.169 e. The van der Waals surface area contributed by atoms with Crippen LogP contribution in [0.15, 0.2) is 21.2 Å². The predicted octanol–water partition coefficient (Wildman–Crippen LogP) is 2.60. The highest BCUT2D eigenvalue weighted by atomic mass is 79.9. The molecule has 1 N–H and O–H groups in total. The molecular weight excluding hydrogens is 220 g/mol. The van der Waals surface area contributed by atoms with Gasteiger partial charge in [0, 0.05) is 13.0 Å². The summed E-state index contributed by atoms with van der Waals surface area (Å²) in [7, 11) is 0. The van der Waals surface area contributed by atoms with E-state index in [1.807, 2.05) is 26.0 Å². The third kappa shape index (κ3) is 2.64. The monoisotopic (exact) mass is 232 g/mol. The Labute approximate surface area is 80.7 Å². The van der Waals surface area contributed by atoms with Crippen molar-refractivity contribution in [2.75, 3.05) is 6.61 Å². The second kappa shape index (κ2) is 3.62. The van der Waals surface area contributed by atoms with Gasteiger partial charge in [-0.3, -0.25) is 0 Å². The molecule has 12 heavy (non-hydrogen) atoms. The van der Waals surface area contributed by atoms with Gasteiger partial charge in [0.05, 0.1) is 0 Å². The number of furan rings is 1. The molecule has 0 radical (unpaired) electrons. The molecule has 0 amide bonds. The Hall–Kier alpha value is -0.280. The minimum absolute atomic E-state index is 0.0999. The number of halogens is 1. The molecule has 0 aromatic carbocycles. The summed E-state index contributed by atoms with van der Waals surface area (Å²) in [6, 6.07) is 3.78. The molecule has 0 saturated heterocycles. The molecule has 2 nitrogen and oxygen atoms in total. The van der Waals surface area contributed by atoms with Crippen molar-refractivity contribution in [2.45, 2.75) is 20.3 Å². The van der Waals surface area contributed by atoms with E-state index in [4.69, 9.17) is 9.52 Å². The molecule has 1 rings (SSSR count). The summed E-state index contributed by atoms with van der Waals surface area (Å²) in [5.41, 5.74) is -0.0999. The third-order valence-corrected chi connectivity index (χ3v) is 2.14. The van der Waals surface area contributed by atoms with Gasteiger partial charge in [-0.1, -0.05) is 13.8 Å². The molecule has 0 unspecified atom stereocenters. The Morgan fingerprint density at radius 2 is 2.17 bits per heavy atom. The molecule has 0 fully saturated rings. The van der Waals surface area contributed by atoms with Gasteiger partial charge >= 0.3 is 0 Å². The molecule has 0 aliphatic rings. The first-order chi connectivity index (χ1) is 5.53. The molecule has 3 heteroatoms. The predicted molar refractivity (Wildman–Crippen MR) is 51.0 cm³/mol. The second-order valence-corrected chi connectivity index (χ2v) is 4.49. The van der Waals surface area contributed by atoms with Gasteiger partial charge in [-0.15, -0.1) is 0 Å². The van der Waals surface area contributed by atoms with E-state index in [2.05, 4.69) is 15.9 Å². The average molecular weight is 233 g/mol. The summed E-state index contributed by atoms with van der Waals surface area (Å²) >= 11 is 3.23. The molecule has 0 atom stereocenters. The van der Waals surface area contributed by atoms with E-state index < -0.39 is 0 Å². The molecule has 0 aliphatic carbocycles. The van der Waals surface area contributed by atoms with Crippen LogP contribution in [0.5, 0.6) is 0 Å². The van der Waals surface area contributed by atoms with Crippen molar-refractivity contribution in [3.8, 4) is 0 Å². The highest BCUT2D eigenvalue weighted by Gasteiger charge is 2.18. The summed E-state index contributed by atoms with van der Waals surface area (Å²) in [5, 5.41) is 9.01. The molecule has 0 aliphatic heterocycles. The smallest absolute Gasteiger partial charge is 0.169 e. The van der Waals surface area contributed by atoms with Crippen LogP contribution in [0.25, 0.3) is 0 Å². The number of hydrogen-bond acceptors (Lipinski definition) is 2. The minimum Gasteiger partial charge on any atom is -0.454 e. The molecular formula is C9H13BrO2. The van der Waals surface area contributed by atoms with Crippen molar-refractivity contribution in [1.29, 1.82) is 0 Å². The SMILES string of the molecule is CC(C)(CO)Cc1ccc(Br)o1. The van der Waals surface area contributed by atoms with E-state index in [1.165, 1.54) is 0 Å². The van der Waals surface area contributed by atoms with E-state index in [0.29, 0.717) is 0 Å².